The van der Waals surface area contributed by atoms with Crippen LogP contribution in [0.15, 0.2) is 4.47 Å². The number of nitrogens with one attached hydrogen (secondary N) is 1. The molecule has 0 aromatic carbocycles. The van der Waals surface area contributed by atoms with Crippen LogP contribution in [0.4, 0.5) is 5.82 Å². The molecule has 0 amide bonds. The van der Waals surface area contributed by atoms with Crippen molar-refractivity contribution in [3.63, 3.8) is 0 Å². The number of anilines is 1. The molecule has 1 saturated carbocycles. The Bertz CT molecular complexity index is 398. The first-order chi connectivity index (χ1) is 8.11. The van der Waals surface area contributed by atoms with Crippen LogP contribution in [0.5, 0.6) is 0 Å². The van der Waals surface area contributed by atoms with E-state index < -0.39 is 0 Å². The second-order valence-corrected chi connectivity index (χ2v) is 5.83. The standard InChI is InChI=1S/C13H20BrN3/c1-8-4-6-10(7-5-8)12-16-9(2)11(14)13(15-3)17-12/h8,10H,4-7H2,1-3H3,(H,15,16,17). The maximum atomic E-state index is 4.63. The van der Waals surface area contributed by atoms with Crippen LogP contribution in [0.2, 0.25) is 0 Å². The summed E-state index contributed by atoms with van der Waals surface area (Å²) in [7, 11) is 1.90. The van der Waals surface area contributed by atoms with Crippen LogP contribution in [0.1, 0.15) is 50.0 Å². The van der Waals surface area contributed by atoms with Crippen molar-refractivity contribution in [1.29, 1.82) is 0 Å². The predicted molar refractivity (Wildman–Crippen MR) is 74.4 cm³/mol. The summed E-state index contributed by atoms with van der Waals surface area (Å²) >= 11 is 3.52. The van der Waals surface area contributed by atoms with Gasteiger partial charge in [0.2, 0.25) is 0 Å². The fourth-order valence-corrected chi connectivity index (χ4v) is 2.82. The monoisotopic (exact) mass is 297 g/mol. The molecule has 3 nitrogen and oxygen atoms in total. The average Bonchev–Trinajstić information content (AvgIpc) is 2.33. The van der Waals surface area contributed by atoms with Crippen molar-refractivity contribution >= 4 is 21.7 Å². The Kier molecular flexibility index (Phi) is 4.02. The minimum Gasteiger partial charge on any atom is -0.372 e. The molecule has 0 bridgehead atoms. The minimum atomic E-state index is 0.546. The molecular formula is C13H20BrN3. The van der Waals surface area contributed by atoms with E-state index in [-0.39, 0.29) is 0 Å². The molecule has 1 aromatic rings. The zero-order chi connectivity index (χ0) is 12.4. The molecule has 0 aliphatic heterocycles. The molecule has 2 rings (SSSR count). The number of hydrogen-bond acceptors (Lipinski definition) is 3. The molecule has 17 heavy (non-hydrogen) atoms. The number of nitrogens with zero attached hydrogens (tertiary/aromatic N) is 2. The first-order valence-corrected chi connectivity index (χ1v) is 7.13. The Balaban J connectivity index is 2.24. The smallest absolute Gasteiger partial charge is 0.144 e. The largest absolute Gasteiger partial charge is 0.372 e. The van der Waals surface area contributed by atoms with E-state index in [0.29, 0.717) is 5.92 Å². The zero-order valence-corrected chi connectivity index (χ0v) is 12.3. The van der Waals surface area contributed by atoms with Gasteiger partial charge in [-0.1, -0.05) is 19.8 Å². The Morgan fingerprint density at radius 2 is 1.82 bits per heavy atom. The van der Waals surface area contributed by atoms with Gasteiger partial charge >= 0.3 is 0 Å². The van der Waals surface area contributed by atoms with Gasteiger partial charge in [0.25, 0.3) is 0 Å². The van der Waals surface area contributed by atoms with Crippen LogP contribution >= 0.6 is 15.9 Å². The molecule has 1 aliphatic rings. The second-order valence-electron chi connectivity index (χ2n) is 5.04. The van der Waals surface area contributed by atoms with Crippen molar-refractivity contribution in [3.8, 4) is 0 Å². The number of halogens is 1. The minimum absolute atomic E-state index is 0.546. The molecule has 0 atom stereocenters. The van der Waals surface area contributed by atoms with E-state index in [0.717, 1.165) is 27.7 Å². The third-order valence-corrected chi connectivity index (χ3v) is 4.60. The molecule has 1 fully saturated rings. The molecule has 0 spiro atoms. The fraction of sp³-hybridized carbons (Fsp3) is 0.692. The summed E-state index contributed by atoms with van der Waals surface area (Å²) < 4.78 is 0.980. The van der Waals surface area contributed by atoms with E-state index in [4.69, 9.17) is 0 Å². The highest BCUT2D eigenvalue weighted by Crippen LogP contribution is 2.35. The lowest BCUT2D eigenvalue weighted by atomic mass is 9.82. The second kappa shape index (κ2) is 5.34. The molecule has 94 valence electrons. The molecule has 0 unspecified atom stereocenters. The van der Waals surface area contributed by atoms with Crippen LogP contribution in [-0.4, -0.2) is 17.0 Å². The average molecular weight is 298 g/mol. The first kappa shape index (κ1) is 12.8. The summed E-state index contributed by atoms with van der Waals surface area (Å²) in [5.74, 6) is 3.34. The summed E-state index contributed by atoms with van der Waals surface area (Å²) in [6.45, 7) is 4.37. The van der Waals surface area contributed by atoms with Crippen molar-refractivity contribution in [2.24, 2.45) is 5.92 Å². The van der Waals surface area contributed by atoms with Crippen LogP contribution in [0.3, 0.4) is 0 Å². The van der Waals surface area contributed by atoms with E-state index in [1.807, 2.05) is 14.0 Å². The molecular weight excluding hydrogens is 278 g/mol. The molecule has 1 heterocycles. The van der Waals surface area contributed by atoms with Gasteiger partial charge in [0.1, 0.15) is 11.6 Å². The van der Waals surface area contributed by atoms with Crippen molar-refractivity contribution in [3.05, 3.63) is 16.0 Å². The molecule has 0 saturated heterocycles. The number of rotatable bonds is 2. The Labute approximate surface area is 112 Å². The topological polar surface area (TPSA) is 37.8 Å². The SMILES string of the molecule is CNc1nc(C2CCC(C)CC2)nc(C)c1Br. The third-order valence-electron chi connectivity index (χ3n) is 3.65. The summed E-state index contributed by atoms with van der Waals surface area (Å²) in [6, 6.07) is 0. The summed E-state index contributed by atoms with van der Waals surface area (Å²) in [6.07, 6.45) is 5.06. The van der Waals surface area contributed by atoms with Crippen LogP contribution in [-0.2, 0) is 0 Å². The highest BCUT2D eigenvalue weighted by molar-refractivity contribution is 9.10. The van der Waals surface area contributed by atoms with E-state index in [1.165, 1.54) is 25.7 Å². The van der Waals surface area contributed by atoms with Crippen molar-refractivity contribution < 1.29 is 0 Å². The Morgan fingerprint density at radius 1 is 1.18 bits per heavy atom. The van der Waals surface area contributed by atoms with Crippen molar-refractivity contribution in [2.75, 3.05) is 12.4 Å². The zero-order valence-electron chi connectivity index (χ0n) is 10.8. The lowest BCUT2D eigenvalue weighted by molar-refractivity contribution is 0.339. The van der Waals surface area contributed by atoms with Gasteiger partial charge < -0.3 is 5.32 Å². The molecule has 4 heteroatoms. The van der Waals surface area contributed by atoms with Gasteiger partial charge in [0.15, 0.2) is 0 Å². The number of aryl methyl sites for hydroxylation is 1. The van der Waals surface area contributed by atoms with Gasteiger partial charge in [0, 0.05) is 13.0 Å². The van der Waals surface area contributed by atoms with Crippen LogP contribution < -0.4 is 5.32 Å². The normalized spacial score (nSPS) is 24.7. The van der Waals surface area contributed by atoms with Gasteiger partial charge in [-0.25, -0.2) is 9.97 Å². The summed E-state index contributed by atoms with van der Waals surface area (Å²) in [5, 5.41) is 3.13. The molecule has 1 aromatic heterocycles. The van der Waals surface area contributed by atoms with E-state index >= 15 is 0 Å². The highest BCUT2D eigenvalue weighted by Gasteiger charge is 2.23. The third kappa shape index (κ3) is 2.79. The maximum Gasteiger partial charge on any atom is 0.144 e. The van der Waals surface area contributed by atoms with Crippen LogP contribution in [0.25, 0.3) is 0 Å². The lowest BCUT2D eigenvalue weighted by Gasteiger charge is -2.25. The Morgan fingerprint density at radius 3 is 2.41 bits per heavy atom. The Hall–Kier alpha value is -0.640. The quantitative estimate of drug-likeness (QED) is 0.900. The van der Waals surface area contributed by atoms with Crippen molar-refractivity contribution in [1.82, 2.24) is 9.97 Å². The van der Waals surface area contributed by atoms with Gasteiger partial charge in [-0.3, -0.25) is 0 Å². The molecule has 0 radical (unpaired) electrons. The van der Waals surface area contributed by atoms with Gasteiger partial charge in [-0.05, 0) is 41.6 Å². The molecule has 1 aliphatic carbocycles. The summed E-state index contributed by atoms with van der Waals surface area (Å²) in [4.78, 5) is 9.26. The number of hydrogen-bond donors (Lipinski definition) is 1. The molecule has 1 N–H and O–H groups in total. The maximum absolute atomic E-state index is 4.63. The van der Waals surface area contributed by atoms with Crippen LogP contribution in [0, 0.1) is 12.8 Å². The number of aromatic nitrogens is 2. The van der Waals surface area contributed by atoms with Crippen molar-refractivity contribution in [2.45, 2.75) is 45.4 Å². The fourth-order valence-electron chi connectivity index (χ4n) is 2.45. The van der Waals surface area contributed by atoms with E-state index in [1.54, 1.807) is 0 Å². The van der Waals surface area contributed by atoms with Gasteiger partial charge in [0.05, 0.1) is 10.2 Å². The lowest BCUT2D eigenvalue weighted by Crippen LogP contribution is -2.15. The summed E-state index contributed by atoms with van der Waals surface area (Å²) in [5.41, 5.74) is 1.03. The van der Waals surface area contributed by atoms with Gasteiger partial charge in [-0.2, -0.15) is 0 Å². The predicted octanol–water partition coefficient (Wildman–Crippen LogP) is 3.88. The van der Waals surface area contributed by atoms with E-state index in [2.05, 4.69) is 38.1 Å². The first-order valence-electron chi connectivity index (χ1n) is 6.33. The van der Waals surface area contributed by atoms with E-state index in [9.17, 15) is 0 Å². The highest BCUT2D eigenvalue weighted by atomic mass is 79.9. The van der Waals surface area contributed by atoms with Gasteiger partial charge in [-0.15, -0.1) is 0 Å².